The molecule has 2 heterocycles. The average molecular weight is 763 g/mol. The lowest BCUT2D eigenvalue weighted by atomic mass is 9.88. The molecule has 1 aromatic heterocycles. The van der Waals surface area contributed by atoms with Crippen molar-refractivity contribution in [2.45, 2.75) is 40.2 Å². The molecule has 2 rings (SSSR count). The number of ether oxygens (including phenoxy) is 6. The molecule has 0 aliphatic carbocycles. The van der Waals surface area contributed by atoms with Crippen LogP contribution in [0.1, 0.15) is 26.7 Å². The topological polar surface area (TPSA) is 240 Å². The summed E-state index contributed by atoms with van der Waals surface area (Å²) in [6, 6.07) is -0.816. The van der Waals surface area contributed by atoms with E-state index < -0.39 is 46.2 Å². The number of hydrogen-bond acceptors (Lipinski definition) is 12. The summed E-state index contributed by atoms with van der Waals surface area (Å²) in [4.78, 5) is 79.8. The summed E-state index contributed by atoms with van der Waals surface area (Å²) in [5.74, 6) is -1.69. The quantitative estimate of drug-likeness (QED) is 0.0414. The van der Waals surface area contributed by atoms with Crippen LogP contribution >= 0.6 is 0 Å². The number of rotatable bonds is 30. The van der Waals surface area contributed by atoms with Gasteiger partial charge in [0.25, 0.3) is 0 Å². The average Bonchev–Trinajstić information content (AvgIpc) is 3.67. The lowest BCUT2D eigenvalue weighted by molar-refractivity contribution is -0.123. The number of amides is 6. The van der Waals surface area contributed by atoms with E-state index in [-0.39, 0.29) is 91.0 Å². The van der Waals surface area contributed by atoms with Gasteiger partial charge >= 0.3 is 11.7 Å². The van der Waals surface area contributed by atoms with E-state index >= 15 is 0 Å². The highest BCUT2D eigenvalue weighted by Gasteiger charge is 2.32. The molecule has 0 bridgehead atoms. The Balaban J connectivity index is 2.21. The van der Waals surface area contributed by atoms with E-state index in [9.17, 15) is 28.8 Å². The third-order valence-electron chi connectivity index (χ3n) is 8.10. The van der Waals surface area contributed by atoms with Gasteiger partial charge < -0.3 is 49.7 Å². The van der Waals surface area contributed by atoms with Gasteiger partial charge in [-0.1, -0.05) is 40.2 Å². The molecule has 0 saturated carbocycles. The Kier molecular flexibility index (Phi) is 19.6. The van der Waals surface area contributed by atoms with Gasteiger partial charge in [-0.2, -0.15) is 9.98 Å². The maximum atomic E-state index is 13.6. The summed E-state index contributed by atoms with van der Waals surface area (Å²) in [5.41, 5.74) is -2.27. The molecular weight excluding hydrogens is 712 g/mol. The fraction of sp³-hybridized carbons (Fsp3) is 0.529. The van der Waals surface area contributed by atoms with E-state index in [1.165, 1.54) is 0 Å². The highest BCUT2D eigenvalue weighted by molar-refractivity contribution is 5.87. The maximum Gasteiger partial charge on any atom is 0.371 e. The van der Waals surface area contributed by atoms with Crippen LogP contribution < -0.4 is 37.9 Å². The van der Waals surface area contributed by atoms with Crippen LogP contribution in [-0.4, -0.2) is 105 Å². The predicted octanol–water partition coefficient (Wildman–Crippen LogP) is -1.13. The third-order valence-corrected chi connectivity index (χ3v) is 8.10. The van der Waals surface area contributed by atoms with Crippen molar-refractivity contribution in [1.29, 1.82) is 0 Å². The van der Waals surface area contributed by atoms with Crippen LogP contribution in [0.15, 0.2) is 65.4 Å². The number of hydrogen-bond donors (Lipinski definition) is 4. The molecule has 54 heavy (non-hydrogen) atoms. The van der Waals surface area contributed by atoms with Gasteiger partial charge in [-0.3, -0.25) is 28.3 Å². The van der Waals surface area contributed by atoms with Crippen LogP contribution in [0.25, 0.3) is 0 Å². The minimum atomic E-state index is -0.816. The molecule has 1 aliphatic heterocycles. The summed E-state index contributed by atoms with van der Waals surface area (Å²) in [5, 5.41) is 10.1. The van der Waals surface area contributed by atoms with Crippen LogP contribution in [0.5, 0.6) is 0 Å². The fourth-order valence-corrected chi connectivity index (χ4v) is 4.64. The molecule has 1 aliphatic rings. The second kappa shape index (κ2) is 23.5. The van der Waals surface area contributed by atoms with Gasteiger partial charge in [0.15, 0.2) is 11.0 Å². The number of fused-ring (bicyclic) bond motifs is 1. The number of imidazole rings is 1. The maximum absolute atomic E-state index is 13.6. The number of urea groups is 1. The van der Waals surface area contributed by atoms with Gasteiger partial charge in [0.1, 0.15) is 40.4 Å². The van der Waals surface area contributed by atoms with Gasteiger partial charge in [0.2, 0.25) is 23.6 Å². The normalized spacial score (nSPS) is 12.1. The van der Waals surface area contributed by atoms with Crippen molar-refractivity contribution in [3.8, 4) is 0 Å². The molecule has 0 spiro atoms. The molecule has 20 heteroatoms. The van der Waals surface area contributed by atoms with Crippen LogP contribution in [0.3, 0.4) is 0 Å². The van der Waals surface area contributed by atoms with E-state index in [1.54, 1.807) is 0 Å². The van der Waals surface area contributed by atoms with Crippen molar-refractivity contribution >= 4 is 29.7 Å². The summed E-state index contributed by atoms with van der Waals surface area (Å²) < 4.78 is 37.0. The molecule has 4 N–H and O–H groups in total. The van der Waals surface area contributed by atoms with Crippen LogP contribution in [-0.2, 0) is 61.1 Å². The van der Waals surface area contributed by atoms with Crippen LogP contribution in [0.4, 0.5) is 4.79 Å². The van der Waals surface area contributed by atoms with Crippen LogP contribution in [0, 0.1) is 10.8 Å². The van der Waals surface area contributed by atoms with Gasteiger partial charge in [0, 0.05) is 10.8 Å². The molecule has 298 valence electrons. The zero-order chi connectivity index (χ0) is 40.0. The first-order chi connectivity index (χ1) is 25.9. The largest absolute Gasteiger partial charge is 0.371 e. The van der Waals surface area contributed by atoms with Crippen molar-refractivity contribution < 1.29 is 52.4 Å². The summed E-state index contributed by atoms with van der Waals surface area (Å²) in [7, 11) is 0. The van der Waals surface area contributed by atoms with Crippen LogP contribution in [0.2, 0.25) is 0 Å². The number of carbonyl (C=O) groups is 5. The number of nitrogens with zero attached hydrogens (tertiary/aromatic N) is 4. The standard InChI is InChI=1S/C34H50N8O12/c1-7-25(43)35-19-49-13-33(11-5,14-50-20-36-26(44)8-2)17-53-23-41-29-30(40-31(47)39-29)42(32(41)48)24-54-18-34(12-6,15-51-21-37-27(45)9-3)16-52-22-38-28(46)10-4/h7-10H,1-4,11-24H2,5-6H3,(H,35,43)(H,36,44)(H,37,45)(H,38,46). The Bertz CT molecular complexity index is 1510. The van der Waals surface area contributed by atoms with E-state index in [2.05, 4.69) is 57.6 Å². The lowest BCUT2D eigenvalue weighted by Gasteiger charge is -2.32. The van der Waals surface area contributed by atoms with E-state index in [0.29, 0.717) is 12.8 Å². The minimum Gasteiger partial charge on any atom is -0.360 e. The van der Waals surface area contributed by atoms with Crippen molar-refractivity contribution in [2.75, 3.05) is 66.6 Å². The van der Waals surface area contributed by atoms with E-state index in [1.807, 2.05) is 13.8 Å². The van der Waals surface area contributed by atoms with Crippen molar-refractivity contribution in [3.05, 3.63) is 72.1 Å². The summed E-state index contributed by atoms with van der Waals surface area (Å²) >= 11 is 0. The molecule has 0 aromatic carbocycles. The molecule has 0 atom stereocenters. The first-order valence-corrected chi connectivity index (χ1v) is 16.8. The Labute approximate surface area is 311 Å². The smallest absolute Gasteiger partial charge is 0.360 e. The first-order valence-electron chi connectivity index (χ1n) is 16.8. The Morgan fingerprint density at radius 3 is 1.09 bits per heavy atom. The van der Waals surface area contributed by atoms with E-state index in [0.717, 1.165) is 33.4 Å². The second-order valence-corrected chi connectivity index (χ2v) is 11.9. The summed E-state index contributed by atoms with van der Waals surface area (Å²) in [6.07, 6.45) is 5.34. The molecule has 20 nitrogen and oxygen atoms in total. The SMILES string of the molecule is C=CC(=O)NCOCC(CC)(COCNC(=O)C=C)COCn1c2c(n(COCC(CC)(COCNC(=O)C=C)COCNC(=O)C=C)c1=O)=NC(=O)N=2. The van der Waals surface area contributed by atoms with Gasteiger partial charge in [-0.25, -0.2) is 9.59 Å². The summed E-state index contributed by atoms with van der Waals surface area (Å²) in [6.45, 7) is 16.4. The van der Waals surface area contributed by atoms with Crippen molar-refractivity contribution in [1.82, 2.24) is 30.4 Å². The molecule has 0 fully saturated rings. The minimum absolute atomic E-state index is 0.0121. The number of aromatic nitrogens is 2. The highest BCUT2D eigenvalue weighted by Crippen LogP contribution is 2.25. The molecule has 6 amide bonds. The molecule has 1 aromatic rings. The first kappa shape index (κ1) is 45.0. The van der Waals surface area contributed by atoms with Gasteiger partial charge in [-0.05, 0) is 37.1 Å². The number of carbonyl (C=O) groups excluding carboxylic acids is 5. The molecular formula is C34H50N8O12. The van der Waals surface area contributed by atoms with Gasteiger partial charge in [0.05, 0.1) is 39.6 Å². The highest BCUT2D eigenvalue weighted by atomic mass is 16.5. The fourth-order valence-electron chi connectivity index (χ4n) is 4.64. The second-order valence-electron chi connectivity index (χ2n) is 11.9. The van der Waals surface area contributed by atoms with E-state index in [4.69, 9.17) is 28.4 Å². The zero-order valence-corrected chi connectivity index (χ0v) is 30.7. The molecule has 0 radical (unpaired) electrons. The molecule has 0 saturated heterocycles. The van der Waals surface area contributed by atoms with Crippen molar-refractivity contribution in [3.63, 3.8) is 0 Å². The lowest BCUT2D eigenvalue weighted by Crippen LogP contribution is -2.41. The third kappa shape index (κ3) is 14.4. The number of nitrogens with one attached hydrogen (secondary N) is 4. The predicted molar refractivity (Wildman–Crippen MR) is 190 cm³/mol. The molecule has 0 unspecified atom stereocenters. The Hall–Kier alpha value is -5.12. The Morgan fingerprint density at radius 1 is 0.556 bits per heavy atom. The monoisotopic (exact) mass is 762 g/mol. The van der Waals surface area contributed by atoms with Gasteiger partial charge in [-0.15, -0.1) is 0 Å². The Morgan fingerprint density at radius 2 is 0.833 bits per heavy atom. The zero-order valence-electron chi connectivity index (χ0n) is 30.7. The van der Waals surface area contributed by atoms with Crippen molar-refractivity contribution in [2.24, 2.45) is 20.8 Å².